The van der Waals surface area contributed by atoms with E-state index in [9.17, 15) is 22.4 Å². The Kier molecular flexibility index (Phi) is 5.73. The second-order valence-corrected chi connectivity index (χ2v) is 5.54. The minimum Gasteiger partial charge on any atom is -0.392 e. The highest BCUT2D eigenvalue weighted by Crippen LogP contribution is 2.36. The van der Waals surface area contributed by atoms with Gasteiger partial charge in [0.25, 0.3) is 0 Å². The van der Waals surface area contributed by atoms with Crippen molar-refractivity contribution >= 4 is 23.1 Å². The van der Waals surface area contributed by atoms with Crippen LogP contribution in [0, 0.1) is 5.41 Å². The Bertz CT molecular complexity index is 368. The molecule has 1 amide bonds. The van der Waals surface area contributed by atoms with E-state index in [0.717, 1.165) is 12.8 Å². The van der Waals surface area contributed by atoms with Crippen LogP contribution in [0.4, 0.5) is 17.6 Å². The van der Waals surface area contributed by atoms with Crippen molar-refractivity contribution in [2.45, 2.75) is 50.9 Å². The average molecular weight is 314 g/mol. The van der Waals surface area contributed by atoms with Gasteiger partial charge in [-0.25, -0.2) is 8.78 Å². The summed E-state index contributed by atoms with van der Waals surface area (Å²) < 4.78 is 49.8. The van der Waals surface area contributed by atoms with Gasteiger partial charge in [0.2, 0.25) is 5.91 Å². The first-order chi connectivity index (χ1) is 9.22. The molecule has 0 atom stereocenters. The first kappa shape index (κ1) is 17.1. The zero-order valence-electron chi connectivity index (χ0n) is 10.9. The van der Waals surface area contributed by atoms with Crippen molar-refractivity contribution in [1.82, 2.24) is 5.32 Å². The van der Waals surface area contributed by atoms with Crippen molar-refractivity contribution in [2.75, 3.05) is 6.54 Å². The van der Waals surface area contributed by atoms with Crippen LogP contribution < -0.4 is 11.1 Å². The molecule has 1 rings (SSSR count). The van der Waals surface area contributed by atoms with Gasteiger partial charge in [0, 0.05) is 0 Å². The Hall–Kier alpha value is -0.920. The van der Waals surface area contributed by atoms with Crippen LogP contribution in [-0.4, -0.2) is 29.8 Å². The fourth-order valence-corrected chi connectivity index (χ4v) is 2.66. The SMILES string of the molecule is NC(=S)C1(C(=O)NCC(F)(F)C(F)F)CCCCCC1. The lowest BCUT2D eigenvalue weighted by molar-refractivity contribution is -0.140. The number of alkyl halides is 4. The van der Waals surface area contributed by atoms with Gasteiger partial charge in [-0.2, -0.15) is 8.78 Å². The monoisotopic (exact) mass is 314 g/mol. The largest absolute Gasteiger partial charge is 0.392 e. The Morgan fingerprint density at radius 1 is 1.25 bits per heavy atom. The Labute approximate surface area is 120 Å². The zero-order valence-corrected chi connectivity index (χ0v) is 11.7. The smallest absolute Gasteiger partial charge is 0.324 e. The van der Waals surface area contributed by atoms with Crippen molar-refractivity contribution < 1.29 is 22.4 Å². The van der Waals surface area contributed by atoms with Gasteiger partial charge in [-0.15, -0.1) is 0 Å². The molecule has 20 heavy (non-hydrogen) atoms. The summed E-state index contributed by atoms with van der Waals surface area (Å²) in [5, 5.41) is 1.89. The summed E-state index contributed by atoms with van der Waals surface area (Å²) in [5.41, 5.74) is 4.42. The van der Waals surface area contributed by atoms with E-state index < -0.39 is 30.2 Å². The first-order valence-corrected chi connectivity index (χ1v) is 6.87. The Morgan fingerprint density at radius 3 is 2.15 bits per heavy atom. The van der Waals surface area contributed by atoms with Crippen LogP contribution in [0.2, 0.25) is 0 Å². The van der Waals surface area contributed by atoms with Crippen LogP contribution in [0.25, 0.3) is 0 Å². The summed E-state index contributed by atoms with van der Waals surface area (Å²) in [6.07, 6.45) is 0.141. The van der Waals surface area contributed by atoms with Gasteiger partial charge in [-0.3, -0.25) is 4.79 Å². The highest BCUT2D eigenvalue weighted by atomic mass is 32.1. The quantitative estimate of drug-likeness (QED) is 0.466. The van der Waals surface area contributed by atoms with E-state index >= 15 is 0 Å². The third-order valence-electron chi connectivity index (χ3n) is 3.67. The van der Waals surface area contributed by atoms with Gasteiger partial charge in [-0.1, -0.05) is 37.9 Å². The molecule has 0 aliphatic heterocycles. The molecule has 1 fully saturated rings. The van der Waals surface area contributed by atoms with Crippen molar-refractivity contribution in [3.05, 3.63) is 0 Å². The lowest BCUT2D eigenvalue weighted by Crippen LogP contribution is -2.52. The van der Waals surface area contributed by atoms with Crippen LogP contribution in [-0.2, 0) is 4.79 Å². The topological polar surface area (TPSA) is 55.1 Å². The number of amides is 1. The van der Waals surface area contributed by atoms with E-state index in [1.807, 2.05) is 5.32 Å². The highest BCUT2D eigenvalue weighted by Gasteiger charge is 2.45. The van der Waals surface area contributed by atoms with Gasteiger partial charge in [-0.05, 0) is 12.8 Å². The number of rotatable bonds is 5. The molecule has 116 valence electrons. The molecule has 1 aliphatic rings. The maximum absolute atomic E-state index is 12.9. The summed E-state index contributed by atoms with van der Waals surface area (Å²) >= 11 is 4.90. The predicted octanol–water partition coefficient (Wildman–Crippen LogP) is 2.63. The summed E-state index contributed by atoms with van der Waals surface area (Å²) in [5.74, 6) is -5.02. The van der Waals surface area contributed by atoms with Crippen molar-refractivity contribution in [3.63, 3.8) is 0 Å². The van der Waals surface area contributed by atoms with Crippen molar-refractivity contribution in [2.24, 2.45) is 11.1 Å². The van der Waals surface area contributed by atoms with Crippen molar-refractivity contribution in [1.29, 1.82) is 0 Å². The molecule has 1 saturated carbocycles. The fraction of sp³-hybridized carbons (Fsp3) is 0.833. The van der Waals surface area contributed by atoms with E-state index in [4.69, 9.17) is 18.0 Å². The number of hydrogen-bond donors (Lipinski definition) is 2. The maximum atomic E-state index is 12.9. The average Bonchev–Trinajstić information content (AvgIpc) is 2.62. The summed E-state index contributed by atoms with van der Waals surface area (Å²) in [6, 6.07) is 0. The number of halogens is 4. The van der Waals surface area contributed by atoms with Crippen LogP contribution in [0.15, 0.2) is 0 Å². The van der Waals surface area contributed by atoms with Gasteiger partial charge in [0.1, 0.15) is 0 Å². The third kappa shape index (κ3) is 3.80. The predicted molar refractivity (Wildman–Crippen MR) is 70.9 cm³/mol. The number of carbonyl (C=O) groups excluding carboxylic acids is 1. The van der Waals surface area contributed by atoms with E-state index in [2.05, 4.69) is 0 Å². The molecular weight excluding hydrogens is 296 g/mol. The molecule has 0 unspecified atom stereocenters. The number of nitrogens with two attached hydrogens (primary N) is 1. The number of carbonyl (C=O) groups is 1. The van der Waals surface area contributed by atoms with E-state index in [-0.39, 0.29) is 4.99 Å². The first-order valence-electron chi connectivity index (χ1n) is 6.46. The molecular formula is C12H18F4N2OS. The molecule has 8 heteroatoms. The van der Waals surface area contributed by atoms with E-state index in [1.54, 1.807) is 0 Å². The molecule has 0 saturated heterocycles. The second-order valence-electron chi connectivity index (χ2n) is 5.10. The number of hydrogen-bond acceptors (Lipinski definition) is 2. The molecule has 1 aliphatic carbocycles. The second kappa shape index (κ2) is 6.69. The lowest BCUT2D eigenvalue weighted by atomic mass is 9.79. The van der Waals surface area contributed by atoms with Crippen LogP contribution >= 0.6 is 12.2 Å². The minimum atomic E-state index is -4.25. The molecule has 3 N–H and O–H groups in total. The number of nitrogens with one attached hydrogen (secondary N) is 1. The number of thiocarbonyl (C=S) groups is 1. The maximum Gasteiger partial charge on any atom is 0.324 e. The molecule has 0 bridgehead atoms. The van der Waals surface area contributed by atoms with Gasteiger partial charge in [0.15, 0.2) is 0 Å². The normalized spacial score (nSPS) is 19.4. The van der Waals surface area contributed by atoms with Crippen LogP contribution in [0.5, 0.6) is 0 Å². The Morgan fingerprint density at radius 2 is 1.75 bits per heavy atom. The molecule has 3 nitrogen and oxygen atoms in total. The molecule has 0 aromatic heterocycles. The minimum absolute atomic E-state index is 0.0581. The standard InChI is InChI=1S/C12H18F4N2OS/c13-8(14)12(15,16)7-18-10(19)11(9(17)20)5-3-1-2-4-6-11/h8H,1-7H2,(H2,17,20)(H,18,19). The van der Waals surface area contributed by atoms with Crippen LogP contribution in [0.1, 0.15) is 38.5 Å². The van der Waals surface area contributed by atoms with E-state index in [1.165, 1.54) is 0 Å². The molecule has 0 radical (unpaired) electrons. The highest BCUT2D eigenvalue weighted by molar-refractivity contribution is 7.80. The lowest BCUT2D eigenvalue weighted by Gasteiger charge is -2.30. The zero-order chi connectivity index (χ0) is 15.4. The van der Waals surface area contributed by atoms with Crippen molar-refractivity contribution in [3.8, 4) is 0 Å². The fourth-order valence-electron chi connectivity index (χ4n) is 2.36. The van der Waals surface area contributed by atoms with Gasteiger partial charge < -0.3 is 11.1 Å². The Balaban J connectivity index is 2.77. The molecule has 0 heterocycles. The summed E-state index contributed by atoms with van der Waals surface area (Å²) in [6.45, 7) is -1.41. The molecule has 0 aromatic carbocycles. The third-order valence-corrected chi connectivity index (χ3v) is 4.06. The van der Waals surface area contributed by atoms with Gasteiger partial charge >= 0.3 is 12.3 Å². The summed E-state index contributed by atoms with van der Waals surface area (Å²) in [7, 11) is 0. The summed E-state index contributed by atoms with van der Waals surface area (Å²) in [4.78, 5) is 12.1. The van der Waals surface area contributed by atoms with Gasteiger partial charge in [0.05, 0.1) is 16.9 Å². The van der Waals surface area contributed by atoms with Crippen LogP contribution in [0.3, 0.4) is 0 Å². The molecule has 0 spiro atoms. The van der Waals surface area contributed by atoms with E-state index in [0.29, 0.717) is 25.7 Å². The molecule has 0 aromatic rings.